The molecule has 1 atom stereocenters. The van der Waals surface area contributed by atoms with Gasteiger partial charge in [0, 0.05) is 12.0 Å². The molecule has 0 radical (unpaired) electrons. The highest BCUT2D eigenvalue weighted by molar-refractivity contribution is 5.39. The molecule has 0 heterocycles. The number of ether oxygens (including phenoxy) is 2. The minimum atomic E-state index is -0.231. The Labute approximate surface area is 132 Å². The highest BCUT2D eigenvalue weighted by atomic mass is 16.5. The van der Waals surface area contributed by atoms with Gasteiger partial charge in [-0.05, 0) is 30.2 Å². The van der Waals surface area contributed by atoms with Crippen molar-refractivity contribution in [1.82, 2.24) is 0 Å². The summed E-state index contributed by atoms with van der Waals surface area (Å²) in [5.41, 5.74) is 2.16. The summed E-state index contributed by atoms with van der Waals surface area (Å²) in [6.07, 6.45) is 1.62. The van der Waals surface area contributed by atoms with Gasteiger partial charge in [0.25, 0.3) is 0 Å². The van der Waals surface area contributed by atoms with Crippen LogP contribution < -0.4 is 9.47 Å². The van der Waals surface area contributed by atoms with Crippen molar-refractivity contribution in [3.05, 3.63) is 59.7 Å². The SMILES string of the molecule is CCc1cccc(OCCC(C#N)c2ccccc2OC)c1. The molecule has 3 nitrogen and oxygen atoms in total. The van der Waals surface area contributed by atoms with Crippen LogP contribution in [0.3, 0.4) is 0 Å². The van der Waals surface area contributed by atoms with E-state index < -0.39 is 0 Å². The van der Waals surface area contributed by atoms with Crippen molar-refractivity contribution in [3.63, 3.8) is 0 Å². The van der Waals surface area contributed by atoms with Gasteiger partial charge >= 0.3 is 0 Å². The normalized spacial score (nSPS) is 11.5. The molecule has 1 unspecified atom stereocenters. The van der Waals surface area contributed by atoms with Gasteiger partial charge in [0.2, 0.25) is 0 Å². The van der Waals surface area contributed by atoms with Crippen LogP contribution in [-0.2, 0) is 6.42 Å². The highest BCUT2D eigenvalue weighted by Gasteiger charge is 2.15. The largest absolute Gasteiger partial charge is 0.496 e. The second kappa shape index (κ2) is 8.09. The van der Waals surface area contributed by atoms with E-state index in [-0.39, 0.29) is 5.92 Å². The number of nitriles is 1. The van der Waals surface area contributed by atoms with E-state index in [0.29, 0.717) is 13.0 Å². The molecule has 0 bridgehead atoms. The molecule has 0 amide bonds. The van der Waals surface area contributed by atoms with Crippen LogP contribution >= 0.6 is 0 Å². The van der Waals surface area contributed by atoms with Crippen LogP contribution in [0.5, 0.6) is 11.5 Å². The van der Waals surface area contributed by atoms with Crippen molar-refractivity contribution in [2.45, 2.75) is 25.7 Å². The highest BCUT2D eigenvalue weighted by Crippen LogP contribution is 2.28. The molecular formula is C19H21NO2. The summed E-state index contributed by atoms with van der Waals surface area (Å²) in [7, 11) is 1.63. The number of aryl methyl sites for hydroxylation is 1. The Morgan fingerprint density at radius 2 is 1.95 bits per heavy atom. The Balaban J connectivity index is 1.98. The van der Waals surface area contributed by atoms with E-state index in [2.05, 4.69) is 19.1 Å². The second-order valence-corrected chi connectivity index (χ2v) is 5.06. The molecule has 0 saturated carbocycles. The van der Waals surface area contributed by atoms with E-state index in [4.69, 9.17) is 9.47 Å². The minimum Gasteiger partial charge on any atom is -0.496 e. The third-order valence-corrected chi connectivity index (χ3v) is 3.65. The van der Waals surface area contributed by atoms with E-state index in [1.807, 2.05) is 42.5 Å². The van der Waals surface area contributed by atoms with Gasteiger partial charge in [-0.3, -0.25) is 0 Å². The molecule has 22 heavy (non-hydrogen) atoms. The van der Waals surface area contributed by atoms with E-state index in [1.54, 1.807) is 7.11 Å². The summed E-state index contributed by atoms with van der Waals surface area (Å²) >= 11 is 0. The maximum Gasteiger partial charge on any atom is 0.123 e. The fourth-order valence-corrected chi connectivity index (χ4v) is 2.39. The number of hydrogen-bond donors (Lipinski definition) is 0. The van der Waals surface area contributed by atoms with Crippen LogP contribution in [-0.4, -0.2) is 13.7 Å². The number of benzene rings is 2. The summed E-state index contributed by atoms with van der Waals surface area (Å²) in [5.74, 6) is 1.38. The maximum absolute atomic E-state index is 9.42. The van der Waals surface area contributed by atoms with Crippen LogP contribution in [0.25, 0.3) is 0 Å². The molecule has 0 fully saturated rings. The van der Waals surface area contributed by atoms with Crippen molar-refractivity contribution in [3.8, 4) is 17.6 Å². The first kappa shape index (κ1) is 15.9. The lowest BCUT2D eigenvalue weighted by Gasteiger charge is -2.14. The van der Waals surface area contributed by atoms with E-state index in [0.717, 1.165) is 23.5 Å². The predicted octanol–water partition coefficient (Wildman–Crippen LogP) is 4.33. The molecule has 0 spiro atoms. The van der Waals surface area contributed by atoms with Crippen LogP contribution in [0.2, 0.25) is 0 Å². The summed E-state index contributed by atoms with van der Waals surface area (Å²) in [6, 6.07) is 18.1. The third-order valence-electron chi connectivity index (χ3n) is 3.65. The lowest BCUT2D eigenvalue weighted by atomic mass is 9.96. The molecule has 2 rings (SSSR count). The molecule has 0 saturated heterocycles. The van der Waals surface area contributed by atoms with Crippen molar-refractivity contribution < 1.29 is 9.47 Å². The van der Waals surface area contributed by atoms with E-state index in [1.165, 1.54) is 5.56 Å². The Bertz CT molecular complexity index is 646. The minimum absolute atomic E-state index is 0.231. The molecule has 3 heteroatoms. The first-order valence-corrected chi connectivity index (χ1v) is 7.52. The van der Waals surface area contributed by atoms with E-state index in [9.17, 15) is 5.26 Å². The molecule has 0 N–H and O–H groups in total. The maximum atomic E-state index is 9.42. The van der Waals surface area contributed by atoms with Crippen LogP contribution in [0, 0.1) is 11.3 Å². The van der Waals surface area contributed by atoms with Gasteiger partial charge < -0.3 is 9.47 Å². The van der Waals surface area contributed by atoms with Crippen molar-refractivity contribution in [2.24, 2.45) is 0 Å². The topological polar surface area (TPSA) is 42.2 Å². The summed E-state index contributed by atoms with van der Waals surface area (Å²) in [4.78, 5) is 0. The zero-order valence-corrected chi connectivity index (χ0v) is 13.1. The van der Waals surface area contributed by atoms with Crippen molar-refractivity contribution in [1.29, 1.82) is 5.26 Å². The third kappa shape index (κ3) is 4.02. The second-order valence-electron chi connectivity index (χ2n) is 5.06. The first-order valence-electron chi connectivity index (χ1n) is 7.52. The smallest absolute Gasteiger partial charge is 0.123 e. The zero-order chi connectivity index (χ0) is 15.8. The molecule has 0 aliphatic carbocycles. The number of hydrogen-bond acceptors (Lipinski definition) is 3. The molecular weight excluding hydrogens is 274 g/mol. The summed E-state index contributed by atoms with van der Waals surface area (Å²) in [5, 5.41) is 9.42. The lowest BCUT2D eigenvalue weighted by molar-refractivity contribution is 0.304. The average Bonchev–Trinajstić information content (AvgIpc) is 2.59. The average molecular weight is 295 g/mol. The van der Waals surface area contributed by atoms with Crippen molar-refractivity contribution in [2.75, 3.05) is 13.7 Å². The predicted molar refractivity (Wildman–Crippen MR) is 87.3 cm³/mol. The van der Waals surface area contributed by atoms with E-state index >= 15 is 0 Å². The Morgan fingerprint density at radius 1 is 1.14 bits per heavy atom. The number of methoxy groups -OCH3 is 1. The monoisotopic (exact) mass is 295 g/mol. The van der Waals surface area contributed by atoms with Crippen LogP contribution in [0.1, 0.15) is 30.4 Å². The molecule has 0 aliphatic heterocycles. The van der Waals surface area contributed by atoms with Gasteiger partial charge in [0.15, 0.2) is 0 Å². The molecule has 2 aromatic carbocycles. The van der Waals surface area contributed by atoms with Gasteiger partial charge in [-0.2, -0.15) is 5.26 Å². The van der Waals surface area contributed by atoms with Gasteiger partial charge in [-0.25, -0.2) is 0 Å². The fourth-order valence-electron chi connectivity index (χ4n) is 2.39. The molecule has 2 aromatic rings. The van der Waals surface area contributed by atoms with Gasteiger partial charge in [-0.15, -0.1) is 0 Å². The van der Waals surface area contributed by atoms with Gasteiger partial charge in [0.1, 0.15) is 11.5 Å². The Kier molecular flexibility index (Phi) is 5.85. The molecule has 0 aliphatic rings. The first-order chi connectivity index (χ1) is 10.8. The molecule has 0 aromatic heterocycles. The number of rotatable bonds is 7. The summed E-state index contributed by atoms with van der Waals surface area (Å²) < 4.78 is 11.1. The Hall–Kier alpha value is -2.47. The number of para-hydroxylation sites is 1. The van der Waals surface area contributed by atoms with Crippen molar-refractivity contribution >= 4 is 0 Å². The standard InChI is InChI=1S/C19H21NO2/c1-3-15-7-6-8-17(13-15)22-12-11-16(14-20)18-9-4-5-10-19(18)21-2/h4-10,13,16H,3,11-12H2,1-2H3. The zero-order valence-electron chi connectivity index (χ0n) is 13.1. The molecule has 114 valence electrons. The number of nitrogens with zero attached hydrogens (tertiary/aromatic N) is 1. The van der Waals surface area contributed by atoms with Crippen LogP contribution in [0.4, 0.5) is 0 Å². The van der Waals surface area contributed by atoms with Gasteiger partial charge in [0.05, 0.1) is 25.7 Å². The Morgan fingerprint density at radius 3 is 2.68 bits per heavy atom. The van der Waals surface area contributed by atoms with Gasteiger partial charge in [-0.1, -0.05) is 37.3 Å². The van der Waals surface area contributed by atoms with Crippen LogP contribution in [0.15, 0.2) is 48.5 Å². The fraction of sp³-hybridized carbons (Fsp3) is 0.316. The lowest BCUT2D eigenvalue weighted by Crippen LogP contribution is -2.06. The quantitative estimate of drug-likeness (QED) is 0.763. The summed E-state index contributed by atoms with van der Waals surface area (Å²) in [6.45, 7) is 2.62.